The van der Waals surface area contributed by atoms with Crippen LogP contribution in [0.4, 0.5) is 19.0 Å². The number of halogens is 4. The number of ether oxygens (including phenoxy) is 1. The van der Waals surface area contributed by atoms with Gasteiger partial charge in [0.05, 0.1) is 12.6 Å². The Bertz CT molecular complexity index is 987. The fourth-order valence-corrected chi connectivity index (χ4v) is 3.21. The minimum absolute atomic E-state index is 0.0155. The van der Waals surface area contributed by atoms with E-state index in [0.717, 1.165) is 12.8 Å². The number of hydrogen-bond donors (Lipinski definition) is 1. The zero-order valence-electron chi connectivity index (χ0n) is 14.6. The molecule has 1 aromatic carbocycles. The molecule has 3 aromatic rings. The molecular formula is C17H16ClF3N6O. The van der Waals surface area contributed by atoms with Gasteiger partial charge in [0, 0.05) is 18.2 Å². The molecule has 28 heavy (non-hydrogen) atoms. The zero-order valence-corrected chi connectivity index (χ0v) is 15.3. The van der Waals surface area contributed by atoms with Crippen molar-refractivity contribution in [3.8, 4) is 0 Å². The quantitative estimate of drug-likeness (QED) is 0.690. The third kappa shape index (κ3) is 3.88. The zero-order chi connectivity index (χ0) is 19.7. The van der Waals surface area contributed by atoms with E-state index in [4.69, 9.17) is 16.3 Å². The van der Waals surface area contributed by atoms with Gasteiger partial charge < -0.3 is 10.1 Å². The minimum atomic E-state index is -4.70. The Balaban J connectivity index is 1.71. The fourth-order valence-electron chi connectivity index (χ4n) is 3.02. The van der Waals surface area contributed by atoms with Gasteiger partial charge in [-0.25, -0.2) is 14.6 Å². The van der Waals surface area contributed by atoms with Gasteiger partial charge in [-0.15, -0.1) is 5.10 Å². The number of rotatable bonds is 5. The van der Waals surface area contributed by atoms with E-state index in [0.29, 0.717) is 23.7 Å². The van der Waals surface area contributed by atoms with Crippen molar-refractivity contribution in [3.63, 3.8) is 0 Å². The van der Waals surface area contributed by atoms with Gasteiger partial charge in [0.15, 0.2) is 17.0 Å². The highest BCUT2D eigenvalue weighted by Crippen LogP contribution is 2.30. The molecule has 0 unspecified atom stereocenters. The van der Waals surface area contributed by atoms with Crippen molar-refractivity contribution in [2.45, 2.75) is 31.7 Å². The van der Waals surface area contributed by atoms with Crippen molar-refractivity contribution in [2.75, 3.05) is 18.5 Å². The summed E-state index contributed by atoms with van der Waals surface area (Å²) in [6, 6.07) is 7.01. The first kappa shape index (κ1) is 18.9. The average molecular weight is 413 g/mol. The van der Waals surface area contributed by atoms with Crippen LogP contribution < -0.4 is 5.32 Å². The molecular weight excluding hydrogens is 397 g/mol. The number of anilines is 1. The van der Waals surface area contributed by atoms with Gasteiger partial charge in [0.1, 0.15) is 0 Å². The first-order valence-corrected chi connectivity index (χ1v) is 9.07. The lowest BCUT2D eigenvalue weighted by atomic mass is 10.2. The summed E-state index contributed by atoms with van der Waals surface area (Å²) in [5.41, 5.74) is 0.840. The third-order valence-electron chi connectivity index (χ3n) is 4.42. The highest BCUT2D eigenvalue weighted by molar-refractivity contribution is 6.31. The van der Waals surface area contributed by atoms with E-state index in [1.807, 2.05) is 0 Å². The number of nitrogens with zero attached hydrogens (tertiary/aromatic N) is 5. The second kappa shape index (κ2) is 7.51. The Hall–Kier alpha value is -2.46. The molecule has 0 saturated carbocycles. The summed E-state index contributed by atoms with van der Waals surface area (Å²) in [6.45, 7) is 1.11. The summed E-state index contributed by atoms with van der Waals surface area (Å²) >= 11 is 6.15. The average Bonchev–Trinajstić information content (AvgIpc) is 3.31. The maximum Gasteiger partial charge on any atom is 0.451 e. The number of hydrogen-bond acceptors (Lipinski definition) is 6. The molecule has 1 fully saturated rings. The molecule has 1 aliphatic heterocycles. The second-order valence-electron chi connectivity index (χ2n) is 6.42. The van der Waals surface area contributed by atoms with Crippen molar-refractivity contribution in [2.24, 2.45) is 0 Å². The molecule has 0 aliphatic carbocycles. The molecule has 0 bridgehead atoms. The largest absolute Gasteiger partial charge is 0.451 e. The predicted molar refractivity (Wildman–Crippen MR) is 96.1 cm³/mol. The first-order chi connectivity index (χ1) is 13.4. The van der Waals surface area contributed by atoms with Crippen LogP contribution in [0.3, 0.4) is 0 Å². The Morgan fingerprint density at radius 2 is 2.07 bits per heavy atom. The molecule has 1 saturated heterocycles. The standard InChI is InChI=1S/C17H16ClF3N6O/c18-12-6-2-1-4-10(12)9-27-15-13(25-26-27)14(22-8-11-5-3-7-28-11)23-16(24-15)17(19,20)21/h1-2,4,6,11H,3,5,7-9H2,(H,22,23,24)/t11-/m0/s1. The van der Waals surface area contributed by atoms with Crippen molar-refractivity contribution < 1.29 is 17.9 Å². The summed E-state index contributed by atoms with van der Waals surface area (Å²) in [4.78, 5) is 7.29. The van der Waals surface area contributed by atoms with Crippen LogP contribution in [0, 0.1) is 0 Å². The summed E-state index contributed by atoms with van der Waals surface area (Å²) < 4.78 is 46.7. The number of nitrogens with one attached hydrogen (secondary N) is 1. The van der Waals surface area contributed by atoms with Gasteiger partial charge in [-0.3, -0.25) is 0 Å². The summed E-state index contributed by atoms with van der Waals surface area (Å²) in [6.07, 6.45) is -3.01. The van der Waals surface area contributed by atoms with Crippen molar-refractivity contribution in [3.05, 3.63) is 40.7 Å². The molecule has 148 valence electrons. The number of aromatic nitrogens is 5. The highest BCUT2D eigenvalue weighted by atomic mass is 35.5. The molecule has 0 amide bonds. The van der Waals surface area contributed by atoms with Crippen LogP contribution in [-0.2, 0) is 17.5 Å². The highest BCUT2D eigenvalue weighted by Gasteiger charge is 2.36. The van der Waals surface area contributed by atoms with Crippen LogP contribution >= 0.6 is 11.6 Å². The maximum atomic E-state index is 13.3. The Kier molecular flexibility index (Phi) is 5.07. The second-order valence-corrected chi connectivity index (χ2v) is 6.83. The molecule has 4 rings (SSSR count). The normalized spacial score (nSPS) is 17.4. The van der Waals surface area contributed by atoms with E-state index in [1.54, 1.807) is 24.3 Å². The van der Waals surface area contributed by atoms with E-state index in [9.17, 15) is 13.2 Å². The van der Waals surface area contributed by atoms with Crippen LogP contribution in [0.5, 0.6) is 0 Å². The molecule has 0 spiro atoms. The SMILES string of the molecule is FC(F)(F)c1nc(NC[C@@H]2CCCO2)c2nnn(Cc3ccccc3Cl)c2n1. The number of benzene rings is 1. The van der Waals surface area contributed by atoms with Crippen LogP contribution in [0.25, 0.3) is 11.2 Å². The monoisotopic (exact) mass is 412 g/mol. The fraction of sp³-hybridized carbons (Fsp3) is 0.412. The third-order valence-corrected chi connectivity index (χ3v) is 4.78. The maximum absolute atomic E-state index is 13.3. The molecule has 1 atom stereocenters. The van der Waals surface area contributed by atoms with Gasteiger partial charge >= 0.3 is 6.18 Å². The lowest BCUT2D eigenvalue weighted by Gasteiger charge is -2.13. The summed E-state index contributed by atoms with van der Waals surface area (Å²) in [5.74, 6) is -1.27. The van der Waals surface area contributed by atoms with E-state index in [-0.39, 0.29) is 29.6 Å². The molecule has 3 heterocycles. The van der Waals surface area contributed by atoms with Crippen LogP contribution in [0.1, 0.15) is 24.2 Å². The molecule has 1 aliphatic rings. The van der Waals surface area contributed by atoms with Crippen LogP contribution in [-0.4, -0.2) is 44.2 Å². The topological polar surface area (TPSA) is 77.8 Å². The molecule has 7 nitrogen and oxygen atoms in total. The summed E-state index contributed by atoms with van der Waals surface area (Å²) in [7, 11) is 0. The van der Waals surface area contributed by atoms with E-state index < -0.39 is 12.0 Å². The Labute approximate surface area is 162 Å². The van der Waals surface area contributed by atoms with Gasteiger partial charge in [-0.05, 0) is 24.5 Å². The molecule has 0 radical (unpaired) electrons. The van der Waals surface area contributed by atoms with Crippen LogP contribution in [0.15, 0.2) is 24.3 Å². The first-order valence-electron chi connectivity index (χ1n) is 8.69. The Morgan fingerprint density at radius 3 is 2.79 bits per heavy atom. The van der Waals surface area contributed by atoms with E-state index >= 15 is 0 Å². The van der Waals surface area contributed by atoms with E-state index in [1.165, 1.54) is 4.68 Å². The van der Waals surface area contributed by atoms with Gasteiger partial charge in [-0.2, -0.15) is 13.2 Å². The van der Waals surface area contributed by atoms with E-state index in [2.05, 4.69) is 25.6 Å². The van der Waals surface area contributed by atoms with Crippen molar-refractivity contribution in [1.29, 1.82) is 0 Å². The minimum Gasteiger partial charge on any atom is -0.376 e. The van der Waals surface area contributed by atoms with Crippen molar-refractivity contribution >= 4 is 28.6 Å². The van der Waals surface area contributed by atoms with Gasteiger partial charge in [0.25, 0.3) is 0 Å². The summed E-state index contributed by atoms with van der Waals surface area (Å²) in [5, 5.41) is 11.3. The molecule has 11 heteroatoms. The van der Waals surface area contributed by atoms with Crippen molar-refractivity contribution in [1.82, 2.24) is 25.0 Å². The number of alkyl halides is 3. The lowest BCUT2D eigenvalue weighted by molar-refractivity contribution is -0.144. The van der Waals surface area contributed by atoms with Gasteiger partial charge in [-0.1, -0.05) is 35.0 Å². The molecule has 2 aromatic heterocycles. The predicted octanol–water partition coefficient (Wildman–Crippen LogP) is 3.53. The lowest BCUT2D eigenvalue weighted by Crippen LogP contribution is -2.21. The molecule has 1 N–H and O–H groups in total. The van der Waals surface area contributed by atoms with Gasteiger partial charge in [0.2, 0.25) is 5.82 Å². The Morgan fingerprint density at radius 1 is 1.25 bits per heavy atom. The van der Waals surface area contributed by atoms with Crippen LogP contribution in [0.2, 0.25) is 5.02 Å². The smallest absolute Gasteiger partial charge is 0.376 e. The number of fused-ring (bicyclic) bond motifs is 1.